The van der Waals surface area contributed by atoms with Crippen LogP contribution in [0, 0.1) is 11.3 Å². The third kappa shape index (κ3) is 7.16. The normalized spacial score (nSPS) is 10.8. The van der Waals surface area contributed by atoms with Crippen molar-refractivity contribution in [3.05, 3.63) is 96.7 Å². The Kier molecular flexibility index (Phi) is 10.2. The molecule has 9 heteroatoms. The Morgan fingerprint density at radius 3 is 2.57 bits per heavy atom. The average Bonchev–Trinajstić information content (AvgIpc) is 3.42. The van der Waals surface area contributed by atoms with Gasteiger partial charge in [-0.3, -0.25) is 0 Å². The summed E-state index contributed by atoms with van der Waals surface area (Å²) in [6.07, 6.45) is 4.57. The number of thiophene rings is 1. The van der Waals surface area contributed by atoms with Gasteiger partial charge >= 0.3 is 0 Å². The smallest absolute Gasteiger partial charge is 0.227 e. The van der Waals surface area contributed by atoms with Crippen LogP contribution in [0.25, 0.3) is 32.8 Å². The molecule has 5 aromatic rings. The molecule has 0 aliphatic carbocycles. The standard InChI is InChI=1S/C33H31N5O2S2/c1-41-32-28(22-34)30(25-11-5-10-24(20-25)23-8-3-2-4-9-23)31(42-32)29-14-16-36-33(38-29)37-26-12-6-13-27(21-26)40-19-7-15-35-17-18-39/h2-6,8-14,16,20-21,35,39H,7,15,17-19H2,1H3,(H,36,37,38). The van der Waals surface area contributed by atoms with Crippen LogP contribution < -0.4 is 15.4 Å². The van der Waals surface area contributed by atoms with E-state index in [9.17, 15) is 5.26 Å². The third-order valence-corrected chi connectivity index (χ3v) is 8.80. The second-order valence-electron chi connectivity index (χ2n) is 9.33. The molecule has 0 atom stereocenters. The van der Waals surface area contributed by atoms with Gasteiger partial charge in [0, 0.05) is 30.1 Å². The number of benzene rings is 3. The van der Waals surface area contributed by atoms with Crippen molar-refractivity contribution in [1.29, 1.82) is 5.26 Å². The van der Waals surface area contributed by atoms with Crippen LogP contribution in [0.3, 0.4) is 0 Å². The van der Waals surface area contributed by atoms with Gasteiger partial charge in [-0.1, -0.05) is 54.6 Å². The Balaban J connectivity index is 1.41. The Labute approximate surface area is 254 Å². The zero-order valence-corrected chi connectivity index (χ0v) is 24.8. The van der Waals surface area contributed by atoms with Crippen molar-refractivity contribution in [2.75, 3.05) is 37.9 Å². The molecule has 5 rings (SSSR count). The molecular weight excluding hydrogens is 563 g/mol. The van der Waals surface area contributed by atoms with E-state index in [4.69, 9.17) is 14.8 Å². The van der Waals surface area contributed by atoms with Gasteiger partial charge in [-0.05, 0) is 60.2 Å². The number of nitrogens with zero attached hydrogens (tertiary/aromatic N) is 3. The van der Waals surface area contributed by atoms with Crippen LogP contribution in [0.4, 0.5) is 11.6 Å². The second-order valence-corrected chi connectivity index (χ2v) is 11.4. The average molecular weight is 594 g/mol. The summed E-state index contributed by atoms with van der Waals surface area (Å²) in [4.78, 5) is 10.3. The number of aromatic nitrogens is 2. The van der Waals surface area contributed by atoms with Crippen LogP contribution in [0.5, 0.6) is 5.75 Å². The Bertz CT molecular complexity index is 1670. The number of nitrogens with one attached hydrogen (secondary N) is 2. The van der Waals surface area contributed by atoms with Gasteiger partial charge in [0.05, 0.1) is 33.6 Å². The maximum Gasteiger partial charge on any atom is 0.227 e. The summed E-state index contributed by atoms with van der Waals surface area (Å²) in [6.45, 7) is 2.07. The van der Waals surface area contributed by atoms with Gasteiger partial charge in [0.1, 0.15) is 11.8 Å². The maximum absolute atomic E-state index is 10.2. The van der Waals surface area contributed by atoms with Crippen LogP contribution in [-0.2, 0) is 0 Å². The van der Waals surface area contributed by atoms with Gasteiger partial charge in [-0.15, -0.1) is 23.1 Å². The lowest BCUT2D eigenvalue weighted by atomic mass is 9.96. The van der Waals surface area contributed by atoms with E-state index in [0.29, 0.717) is 24.7 Å². The summed E-state index contributed by atoms with van der Waals surface area (Å²) in [5.74, 6) is 1.21. The zero-order valence-electron chi connectivity index (χ0n) is 23.2. The number of aliphatic hydroxyl groups excluding tert-OH is 1. The summed E-state index contributed by atoms with van der Waals surface area (Å²) in [5.41, 5.74) is 6.30. The molecule has 2 aromatic heterocycles. The Hall–Kier alpha value is -4.20. The van der Waals surface area contributed by atoms with E-state index < -0.39 is 0 Å². The van der Waals surface area contributed by atoms with Crippen LogP contribution in [-0.4, -0.2) is 47.6 Å². The lowest BCUT2D eigenvalue weighted by Gasteiger charge is -2.11. The molecule has 0 spiro atoms. The minimum absolute atomic E-state index is 0.130. The number of hydrogen-bond acceptors (Lipinski definition) is 9. The van der Waals surface area contributed by atoms with Gasteiger partial charge in [0.15, 0.2) is 0 Å². The van der Waals surface area contributed by atoms with Crippen molar-refractivity contribution in [1.82, 2.24) is 15.3 Å². The molecule has 0 radical (unpaired) electrons. The lowest BCUT2D eigenvalue weighted by Crippen LogP contribution is -2.20. The highest BCUT2D eigenvalue weighted by Crippen LogP contribution is 2.46. The van der Waals surface area contributed by atoms with Crippen molar-refractivity contribution in [2.45, 2.75) is 10.6 Å². The highest BCUT2D eigenvalue weighted by atomic mass is 32.2. The zero-order chi connectivity index (χ0) is 29.1. The summed E-state index contributed by atoms with van der Waals surface area (Å²) >= 11 is 3.15. The minimum atomic E-state index is 0.130. The maximum atomic E-state index is 10.2. The van der Waals surface area contributed by atoms with E-state index in [1.807, 2.05) is 60.9 Å². The quantitative estimate of drug-likeness (QED) is 0.0971. The van der Waals surface area contributed by atoms with Gasteiger partial charge < -0.3 is 20.5 Å². The SMILES string of the molecule is CSc1sc(-c2ccnc(Nc3cccc(OCCCNCCO)c3)n2)c(-c2cccc(-c3ccccc3)c2)c1C#N. The van der Waals surface area contributed by atoms with E-state index in [2.05, 4.69) is 52.0 Å². The lowest BCUT2D eigenvalue weighted by molar-refractivity contribution is 0.282. The minimum Gasteiger partial charge on any atom is -0.493 e. The molecule has 212 valence electrons. The fourth-order valence-electron chi connectivity index (χ4n) is 4.53. The van der Waals surface area contributed by atoms with E-state index in [-0.39, 0.29) is 6.61 Å². The van der Waals surface area contributed by atoms with Gasteiger partial charge in [0.2, 0.25) is 5.95 Å². The van der Waals surface area contributed by atoms with Gasteiger partial charge in [0.25, 0.3) is 0 Å². The topological polar surface area (TPSA) is 103 Å². The monoisotopic (exact) mass is 593 g/mol. The predicted octanol–water partition coefficient (Wildman–Crippen LogP) is 7.23. The van der Waals surface area contributed by atoms with E-state index in [1.165, 1.54) is 0 Å². The highest BCUT2D eigenvalue weighted by molar-refractivity contribution is 8.00. The number of nitriles is 1. The van der Waals surface area contributed by atoms with Crippen LogP contribution in [0.1, 0.15) is 12.0 Å². The molecule has 0 aliphatic rings. The number of thioether (sulfide) groups is 1. The summed E-state index contributed by atoms with van der Waals surface area (Å²) in [5, 5.41) is 25.5. The number of anilines is 2. The number of hydrogen-bond donors (Lipinski definition) is 3. The molecule has 7 nitrogen and oxygen atoms in total. The van der Waals surface area contributed by atoms with E-state index in [1.54, 1.807) is 29.3 Å². The van der Waals surface area contributed by atoms with E-state index in [0.717, 1.165) is 61.4 Å². The summed E-state index contributed by atoms with van der Waals surface area (Å²) in [7, 11) is 0. The number of rotatable bonds is 13. The first kappa shape index (κ1) is 29.3. The predicted molar refractivity (Wildman–Crippen MR) is 173 cm³/mol. The Morgan fingerprint density at radius 2 is 1.76 bits per heavy atom. The summed E-state index contributed by atoms with van der Waals surface area (Å²) in [6, 6.07) is 30.6. The third-order valence-electron chi connectivity index (χ3n) is 6.47. The fraction of sp³-hybridized carbons (Fsp3) is 0.182. The van der Waals surface area contributed by atoms with E-state index >= 15 is 0 Å². The largest absolute Gasteiger partial charge is 0.493 e. The molecule has 0 unspecified atom stereocenters. The molecule has 3 N–H and O–H groups in total. The van der Waals surface area contributed by atoms with Crippen LogP contribution >= 0.6 is 23.1 Å². The molecule has 3 aromatic carbocycles. The first-order valence-electron chi connectivity index (χ1n) is 13.6. The van der Waals surface area contributed by atoms with Gasteiger partial charge in [-0.25, -0.2) is 9.97 Å². The molecule has 0 aliphatic heterocycles. The molecule has 0 saturated heterocycles. The summed E-state index contributed by atoms with van der Waals surface area (Å²) < 4.78 is 6.85. The highest BCUT2D eigenvalue weighted by Gasteiger charge is 2.22. The molecule has 0 bridgehead atoms. The first-order chi connectivity index (χ1) is 20.7. The molecule has 42 heavy (non-hydrogen) atoms. The van der Waals surface area contributed by atoms with Crippen molar-refractivity contribution in [2.24, 2.45) is 0 Å². The van der Waals surface area contributed by atoms with Crippen LogP contribution in [0.2, 0.25) is 0 Å². The van der Waals surface area contributed by atoms with Gasteiger partial charge in [-0.2, -0.15) is 5.26 Å². The molecule has 2 heterocycles. The second kappa shape index (κ2) is 14.6. The van der Waals surface area contributed by atoms with Crippen molar-refractivity contribution in [3.63, 3.8) is 0 Å². The first-order valence-corrected chi connectivity index (χ1v) is 15.7. The fourth-order valence-corrected chi connectivity index (χ4v) is 6.44. The van der Waals surface area contributed by atoms with Crippen LogP contribution in [0.15, 0.2) is 95.3 Å². The Morgan fingerprint density at radius 1 is 0.952 bits per heavy atom. The molecular formula is C33H31N5O2S2. The van der Waals surface area contributed by atoms with Crippen molar-refractivity contribution < 1.29 is 9.84 Å². The molecule has 0 fully saturated rings. The number of ether oxygens (including phenoxy) is 1. The van der Waals surface area contributed by atoms with Crippen molar-refractivity contribution >= 4 is 34.7 Å². The molecule has 0 saturated carbocycles. The van der Waals surface area contributed by atoms with Crippen molar-refractivity contribution in [3.8, 4) is 44.6 Å². The number of aliphatic hydroxyl groups is 1. The molecule has 0 amide bonds.